The lowest BCUT2D eigenvalue weighted by atomic mass is 10.0. The van der Waals surface area contributed by atoms with E-state index in [0.29, 0.717) is 17.0 Å². The van der Waals surface area contributed by atoms with E-state index in [9.17, 15) is 4.21 Å². The van der Waals surface area contributed by atoms with Crippen molar-refractivity contribution in [1.82, 2.24) is 0 Å². The predicted molar refractivity (Wildman–Crippen MR) is 58.1 cm³/mol. The Morgan fingerprint density at radius 3 is 2.54 bits per heavy atom. The van der Waals surface area contributed by atoms with Crippen molar-refractivity contribution in [1.29, 1.82) is 0 Å². The van der Waals surface area contributed by atoms with Gasteiger partial charge in [0, 0.05) is 21.3 Å². The van der Waals surface area contributed by atoms with E-state index in [1.54, 1.807) is 0 Å². The molecule has 2 unspecified atom stereocenters. The van der Waals surface area contributed by atoms with Crippen LogP contribution < -0.4 is 5.73 Å². The molecule has 2 N–H and O–H groups in total. The molecule has 1 fully saturated rings. The molecule has 0 spiro atoms. The molecule has 0 heterocycles. The second-order valence-corrected chi connectivity index (χ2v) is 6.10. The summed E-state index contributed by atoms with van der Waals surface area (Å²) >= 11 is 0. The Labute approximate surface area is 83.7 Å². The molecule has 13 heavy (non-hydrogen) atoms. The van der Waals surface area contributed by atoms with Crippen LogP contribution in [0, 0.1) is 0 Å². The molecular formula is C10H21NOS. The minimum absolute atomic E-state index is 0.299. The third kappa shape index (κ3) is 3.39. The first-order chi connectivity index (χ1) is 6.25. The molecule has 2 atom stereocenters. The zero-order chi connectivity index (χ0) is 9.68. The van der Waals surface area contributed by atoms with Gasteiger partial charge in [0.15, 0.2) is 0 Å². The van der Waals surface area contributed by atoms with Gasteiger partial charge < -0.3 is 5.73 Å². The van der Waals surface area contributed by atoms with E-state index in [0.717, 1.165) is 6.42 Å². The van der Waals surface area contributed by atoms with E-state index in [-0.39, 0.29) is 0 Å². The van der Waals surface area contributed by atoms with Gasteiger partial charge >= 0.3 is 0 Å². The Morgan fingerprint density at radius 2 is 2.00 bits per heavy atom. The standard InChI is InChI=1S/C10H21NOS/c1-9(7-8-11)13(12)10-5-3-2-4-6-10/h9-10H,2-8,11H2,1H3. The lowest BCUT2D eigenvalue weighted by Gasteiger charge is -2.23. The van der Waals surface area contributed by atoms with Crippen molar-refractivity contribution < 1.29 is 4.21 Å². The predicted octanol–water partition coefficient (Wildman–Crippen LogP) is 1.81. The molecule has 0 radical (unpaired) electrons. The molecule has 0 aliphatic heterocycles. The van der Waals surface area contributed by atoms with E-state index >= 15 is 0 Å². The number of hydrogen-bond donors (Lipinski definition) is 1. The van der Waals surface area contributed by atoms with Crippen LogP contribution in [0.25, 0.3) is 0 Å². The Kier molecular flexibility index (Phi) is 4.96. The van der Waals surface area contributed by atoms with E-state index in [2.05, 4.69) is 6.92 Å². The van der Waals surface area contributed by atoms with Gasteiger partial charge in [-0.15, -0.1) is 0 Å². The van der Waals surface area contributed by atoms with Gasteiger partial charge in [-0.05, 0) is 25.8 Å². The van der Waals surface area contributed by atoms with E-state index in [1.165, 1.54) is 32.1 Å². The molecule has 1 rings (SSSR count). The summed E-state index contributed by atoms with van der Waals surface area (Å²) in [7, 11) is -0.631. The first-order valence-corrected chi connectivity index (χ1v) is 6.62. The lowest BCUT2D eigenvalue weighted by Crippen LogP contribution is -2.27. The monoisotopic (exact) mass is 203 g/mol. The molecule has 0 saturated heterocycles. The molecular weight excluding hydrogens is 182 g/mol. The fourth-order valence-corrected chi connectivity index (χ4v) is 3.80. The van der Waals surface area contributed by atoms with Gasteiger partial charge in [-0.1, -0.05) is 26.2 Å². The van der Waals surface area contributed by atoms with Crippen LogP contribution in [0.1, 0.15) is 45.4 Å². The highest BCUT2D eigenvalue weighted by Gasteiger charge is 2.23. The Hall–Kier alpha value is 0.110. The summed E-state index contributed by atoms with van der Waals surface area (Å²) in [6, 6.07) is 0. The number of rotatable bonds is 4. The summed E-state index contributed by atoms with van der Waals surface area (Å²) < 4.78 is 11.9. The van der Waals surface area contributed by atoms with Crippen LogP contribution >= 0.6 is 0 Å². The summed E-state index contributed by atoms with van der Waals surface area (Å²) in [5, 5.41) is 0.767. The van der Waals surface area contributed by atoms with Crippen LogP contribution in [0.3, 0.4) is 0 Å². The van der Waals surface area contributed by atoms with E-state index in [1.807, 2.05) is 0 Å². The zero-order valence-corrected chi connectivity index (χ0v) is 9.31. The second-order valence-electron chi connectivity index (χ2n) is 3.98. The maximum atomic E-state index is 11.9. The summed E-state index contributed by atoms with van der Waals surface area (Å²) in [5.41, 5.74) is 5.46. The molecule has 78 valence electrons. The van der Waals surface area contributed by atoms with Gasteiger partial charge in [-0.2, -0.15) is 0 Å². The van der Waals surface area contributed by atoms with Crippen LogP contribution in [0.2, 0.25) is 0 Å². The largest absolute Gasteiger partial charge is 0.330 e. The van der Waals surface area contributed by atoms with Gasteiger partial charge in [0.25, 0.3) is 0 Å². The zero-order valence-electron chi connectivity index (χ0n) is 8.50. The van der Waals surface area contributed by atoms with Gasteiger partial charge in [0.05, 0.1) is 0 Å². The molecule has 1 aliphatic carbocycles. The number of hydrogen-bond acceptors (Lipinski definition) is 2. The smallest absolute Gasteiger partial charge is 0.0350 e. The average Bonchev–Trinajstić information content (AvgIpc) is 2.18. The first-order valence-electron chi connectivity index (χ1n) is 5.35. The Balaban J connectivity index is 2.36. The highest BCUT2D eigenvalue weighted by molar-refractivity contribution is 7.86. The van der Waals surface area contributed by atoms with Gasteiger partial charge in [-0.25, -0.2) is 0 Å². The van der Waals surface area contributed by atoms with Gasteiger partial charge in [0.1, 0.15) is 0 Å². The van der Waals surface area contributed by atoms with Crippen LogP contribution in [0.4, 0.5) is 0 Å². The van der Waals surface area contributed by atoms with Crippen molar-refractivity contribution in [3.8, 4) is 0 Å². The summed E-state index contributed by atoms with van der Waals surface area (Å²) in [6.07, 6.45) is 7.11. The maximum absolute atomic E-state index is 11.9. The first kappa shape index (κ1) is 11.2. The van der Waals surface area contributed by atoms with Crippen LogP contribution in [-0.4, -0.2) is 21.3 Å². The minimum Gasteiger partial charge on any atom is -0.330 e. The molecule has 1 saturated carbocycles. The normalized spacial score (nSPS) is 24.2. The molecule has 2 nitrogen and oxygen atoms in total. The molecule has 0 amide bonds. The fraction of sp³-hybridized carbons (Fsp3) is 1.00. The summed E-state index contributed by atoms with van der Waals surface area (Å²) in [5.74, 6) is 0. The van der Waals surface area contributed by atoms with Crippen molar-refractivity contribution in [2.24, 2.45) is 5.73 Å². The van der Waals surface area contributed by atoms with E-state index < -0.39 is 10.8 Å². The Bertz CT molecular complexity index is 166. The Morgan fingerprint density at radius 1 is 1.38 bits per heavy atom. The van der Waals surface area contributed by atoms with Crippen molar-refractivity contribution in [2.75, 3.05) is 6.54 Å². The molecule has 0 aromatic carbocycles. The SMILES string of the molecule is CC(CCN)S(=O)C1CCCCC1. The van der Waals surface area contributed by atoms with Crippen LogP contribution in [0.15, 0.2) is 0 Å². The minimum atomic E-state index is -0.631. The van der Waals surface area contributed by atoms with Crippen molar-refractivity contribution in [2.45, 2.75) is 55.9 Å². The van der Waals surface area contributed by atoms with E-state index in [4.69, 9.17) is 5.73 Å². The van der Waals surface area contributed by atoms with Gasteiger partial charge in [-0.3, -0.25) is 4.21 Å². The molecule has 0 aromatic heterocycles. The van der Waals surface area contributed by atoms with Crippen LogP contribution in [-0.2, 0) is 10.8 Å². The molecule has 1 aliphatic rings. The van der Waals surface area contributed by atoms with Crippen molar-refractivity contribution >= 4 is 10.8 Å². The molecule has 0 aromatic rings. The third-order valence-electron chi connectivity index (χ3n) is 2.85. The number of nitrogens with two attached hydrogens (primary N) is 1. The fourth-order valence-electron chi connectivity index (χ4n) is 1.98. The topological polar surface area (TPSA) is 43.1 Å². The second kappa shape index (κ2) is 5.76. The molecule has 0 bridgehead atoms. The maximum Gasteiger partial charge on any atom is 0.0350 e. The molecule has 3 heteroatoms. The average molecular weight is 203 g/mol. The highest BCUT2D eigenvalue weighted by Crippen LogP contribution is 2.24. The third-order valence-corrected chi connectivity index (χ3v) is 5.01. The van der Waals surface area contributed by atoms with Crippen molar-refractivity contribution in [3.05, 3.63) is 0 Å². The quantitative estimate of drug-likeness (QED) is 0.757. The van der Waals surface area contributed by atoms with Crippen molar-refractivity contribution in [3.63, 3.8) is 0 Å². The van der Waals surface area contributed by atoms with Gasteiger partial charge in [0.2, 0.25) is 0 Å². The summed E-state index contributed by atoms with van der Waals surface area (Å²) in [6.45, 7) is 2.73. The van der Waals surface area contributed by atoms with Crippen LogP contribution in [0.5, 0.6) is 0 Å². The lowest BCUT2D eigenvalue weighted by molar-refractivity contribution is 0.501. The summed E-state index contributed by atoms with van der Waals surface area (Å²) in [4.78, 5) is 0. The highest BCUT2D eigenvalue weighted by atomic mass is 32.2.